The van der Waals surface area contributed by atoms with E-state index in [9.17, 15) is 13.2 Å². The Labute approximate surface area is 164 Å². The molecular formula is C21H21N3O3S. The predicted octanol–water partition coefficient (Wildman–Crippen LogP) is 2.95. The minimum atomic E-state index is -3.42. The van der Waals surface area contributed by atoms with E-state index in [1.807, 2.05) is 24.3 Å². The second kappa shape index (κ2) is 7.69. The lowest BCUT2D eigenvalue weighted by Gasteiger charge is -2.15. The van der Waals surface area contributed by atoms with E-state index < -0.39 is 10.0 Å². The zero-order valence-electron chi connectivity index (χ0n) is 15.3. The second-order valence-corrected chi connectivity index (χ2v) is 8.76. The summed E-state index contributed by atoms with van der Waals surface area (Å²) in [4.78, 5) is 17.2. The van der Waals surface area contributed by atoms with Crippen LogP contribution in [0.3, 0.4) is 0 Å². The van der Waals surface area contributed by atoms with Gasteiger partial charge in [-0.1, -0.05) is 30.3 Å². The van der Waals surface area contributed by atoms with E-state index in [1.54, 1.807) is 36.5 Å². The standard InChI is InChI=1S/C21H21N3O3S/c25-21(19-7-3-5-17-6-4-12-22-20(17)19)23-15-16-8-10-18(11-9-16)28(26,27)24-13-1-2-14-24/h3-12H,1-2,13-15H2,(H,23,25). The molecule has 0 aliphatic carbocycles. The van der Waals surface area contributed by atoms with E-state index in [-0.39, 0.29) is 5.91 Å². The molecule has 1 amide bonds. The SMILES string of the molecule is O=C(NCc1ccc(S(=O)(=O)N2CCCC2)cc1)c1cccc2cccnc12. The number of nitrogens with one attached hydrogen (secondary N) is 1. The third-order valence-corrected chi connectivity index (χ3v) is 6.87. The van der Waals surface area contributed by atoms with Crippen molar-refractivity contribution < 1.29 is 13.2 Å². The smallest absolute Gasteiger partial charge is 0.253 e. The van der Waals surface area contributed by atoms with Crippen LogP contribution in [-0.2, 0) is 16.6 Å². The number of rotatable bonds is 5. The van der Waals surface area contributed by atoms with E-state index in [2.05, 4.69) is 10.3 Å². The van der Waals surface area contributed by atoms with Crippen LogP contribution in [0.1, 0.15) is 28.8 Å². The first-order valence-corrected chi connectivity index (χ1v) is 10.7. The maximum atomic E-state index is 12.6. The molecule has 2 heterocycles. The number of carbonyl (C=O) groups excluding carboxylic acids is 1. The van der Waals surface area contributed by atoms with Gasteiger partial charge in [-0.15, -0.1) is 0 Å². The molecule has 0 saturated carbocycles. The largest absolute Gasteiger partial charge is 0.348 e. The van der Waals surface area contributed by atoms with Gasteiger partial charge in [0.05, 0.1) is 16.0 Å². The molecule has 0 spiro atoms. The molecule has 3 aromatic rings. The normalized spacial score (nSPS) is 15.0. The van der Waals surface area contributed by atoms with E-state index in [4.69, 9.17) is 0 Å². The lowest BCUT2D eigenvalue weighted by molar-refractivity contribution is 0.0952. The lowest BCUT2D eigenvalue weighted by Crippen LogP contribution is -2.28. The Morgan fingerprint density at radius 3 is 2.46 bits per heavy atom. The van der Waals surface area contributed by atoms with Crippen LogP contribution in [-0.4, -0.2) is 36.7 Å². The van der Waals surface area contributed by atoms with Crippen molar-refractivity contribution >= 4 is 26.8 Å². The average Bonchev–Trinajstić information content (AvgIpc) is 3.28. The molecule has 6 nitrogen and oxygen atoms in total. The Hall–Kier alpha value is -2.77. The molecule has 1 aromatic heterocycles. The minimum Gasteiger partial charge on any atom is -0.348 e. The van der Waals surface area contributed by atoms with Crippen LogP contribution < -0.4 is 5.32 Å². The van der Waals surface area contributed by atoms with Crippen molar-refractivity contribution in [3.8, 4) is 0 Å². The molecular weight excluding hydrogens is 374 g/mol. The van der Waals surface area contributed by atoms with Gasteiger partial charge in [-0.05, 0) is 42.7 Å². The Morgan fingerprint density at radius 2 is 1.71 bits per heavy atom. The molecule has 1 N–H and O–H groups in total. The third kappa shape index (κ3) is 3.63. The summed E-state index contributed by atoms with van der Waals surface area (Å²) in [6.45, 7) is 1.48. The van der Waals surface area contributed by atoms with Crippen molar-refractivity contribution in [1.29, 1.82) is 0 Å². The molecule has 144 valence electrons. The Morgan fingerprint density at radius 1 is 1.00 bits per heavy atom. The molecule has 1 saturated heterocycles. The Bertz CT molecular complexity index is 1100. The van der Waals surface area contributed by atoms with Crippen LogP contribution in [0.15, 0.2) is 65.7 Å². The van der Waals surface area contributed by atoms with Gasteiger partial charge in [0.15, 0.2) is 0 Å². The van der Waals surface area contributed by atoms with Crippen molar-refractivity contribution in [3.63, 3.8) is 0 Å². The molecule has 7 heteroatoms. The molecule has 28 heavy (non-hydrogen) atoms. The van der Waals surface area contributed by atoms with Gasteiger partial charge in [-0.25, -0.2) is 8.42 Å². The Balaban J connectivity index is 1.46. The van der Waals surface area contributed by atoms with Gasteiger partial charge in [0, 0.05) is 31.2 Å². The number of hydrogen-bond acceptors (Lipinski definition) is 4. The monoisotopic (exact) mass is 395 g/mol. The number of fused-ring (bicyclic) bond motifs is 1. The van der Waals surface area contributed by atoms with Crippen molar-refractivity contribution in [2.75, 3.05) is 13.1 Å². The lowest BCUT2D eigenvalue weighted by atomic mass is 10.1. The summed E-state index contributed by atoms with van der Waals surface area (Å²) in [6, 6.07) is 15.9. The highest BCUT2D eigenvalue weighted by Gasteiger charge is 2.26. The number of amides is 1. The van der Waals surface area contributed by atoms with Gasteiger partial charge in [-0.2, -0.15) is 4.31 Å². The summed E-state index contributed by atoms with van der Waals surface area (Å²) in [5.74, 6) is -0.210. The maximum absolute atomic E-state index is 12.6. The fraction of sp³-hybridized carbons (Fsp3) is 0.238. The summed E-state index contributed by atoms with van der Waals surface area (Å²) in [5.41, 5.74) is 2.02. The fourth-order valence-electron chi connectivity index (χ4n) is 3.42. The fourth-order valence-corrected chi connectivity index (χ4v) is 4.94. The number of aromatic nitrogens is 1. The van der Waals surface area contributed by atoms with E-state index in [1.165, 1.54) is 4.31 Å². The first-order valence-electron chi connectivity index (χ1n) is 9.27. The van der Waals surface area contributed by atoms with Crippen molar-refractivity contribution in [2.45, 2.75) is 24.3 Å². The highest BCUT2D eigenvalue weighted by atomic mass is 32.2. The Kier molecular flexibility index (Phi) is 5.11. The number of hydrogen-bond donors (Lipinski definition) is 1. The molecule has 0 unspecified atom stereocenters. The molecule has 0 atom stereocenters. The predicted molar refractivity (Wildman–Crippen MR) is 107 cm³/mol. The van der Waals surface area contributed by atoms with Crippen LogP contribution >= 0.6 is 0 Å². The molecule has 1 fully saturated rings. The van der Waals surface area contributed by atoms with Crippen LogP contribution in [0.5, 0.6) is 0 Å². The van der Waals surface area contributed by atoms with Crippen LogP contribution in [0.4, 0.5) is 0 Å². The number of pyridine rings is 1. The highest BCUT2D eigenvalue weighted by molar-refractivity contribution is 7.89. The summed E-state index contributed by atoms with van der Waals surface area (Å²) >= 11 is 0. The first kappa shape index (κ1) is 18.6. The summed E-state index contributed by atoms with van der Waals surface area (Å²) < 4.78 is 26.7. The number of benzene rings is 2. The van der Waals surface area contributed by atoms with E-state index >= 15 is 0 Å². The van der Waals surface area contributed by atoms with E-state index in [0.717, 1.165) is 23.8 Å². The first-order chi connectivity index (χ1) is 13.6. The van der Waals surface area contributed by atoms with Crippen molar-refractivity contribution in [2.24, 2.45) is 0 Å². The third-order valence-electron chi connectivity index (χ3n) is 4.96. The number of para-hydroxylation sites is 1. The number of nitrogens with zero attached hydrogens (tertiary/aromatic N) is 2. The molecule has 0 radical (unpaired) electrons. The van der Waals surface area contributed by atoms with Crippen LogP contribution in [0.2, 0.25) is 0 Å². The van der Waals surface area contributed by atoms with Crippen LogP contribution in [0, 0.1) is 0 Å². The van der Waals surface area contributed by atoms with E-state index in [0.29, 0.717) is 35.6 Å². The molecule has 0 bridgehead atoms. The maximum Gasteiger partial charge on any atom is 0.253 e. The van der Waals surface area contributed by atoms with Gasteiger partial charge >= 0.3 is 0 Å². The van der Waals surface area contributed by atoms with Gasteiger partial charge in [0.1, 0.15) is 0 Å². The number of carbonyl (C=O) groups is 1. The minimum absolute atomic E-state index is 0.210. The van der Waals surface area contributed by atoms with Crippen molar-refractivity contribution in [1.82, 2.24) is 14.6 Å². The summed E-state index contributed by atoms with van der Waals surface area (Å²) in [7, 11) is -3.42. The highest BCUT2D eigenvalue weighted by Crippen LogP contribution is 2.21. The van der Waals surface area contributed by atoms with Gasteiger partial charge in [-0.3, -0.25) is 9.78 Å². The molecule has 1 aliphatic heterocycles. The quantitative estimate of drug-likeness (QED) is 0.720. The van der Waals surface area contributed by atoms with Gasteiger partial charge in [0.2, 0.25) is 10.0 Å². The average molecular weight is 395 g/mol. The van der Waals surface area contributed by atoms with Crippen molar-refractivity contribution in [3.05, 3.63) is 71.9 Å². The topological polar surface area (TPSA) is 79.4 Å². The van der Waals surface area contributed by atoms with Gasteiger partial charge < -0.3 is 5.32 Å². The molecule has 2 aromatic carbocycles. The zero-order valence-corrected chi connectivity index (χ0v) is 16.2. The van der Waals surface area contributed by atoms with Gasteiger partial charge in [0.25, 0.3) is 5.91 Å². The zero-order chi connectivity index (χ0) is 19.6. The van der Waals surface area contributed by atoms with Crippen LogP contribution in [0.25, 0.3) is 10.9 Å². The summed E-state index contributed by atoms with van der Waals surface area (Å²) in [5, 5.41) is 3.79. The number of sulfonamides is 1. The second-order valence-electron chi connectivity index (χ2n) is 6.82. The molecule has 1 aliphatic rings. The molecule has 4 rings (SSSR count). The summed E-state index contributed by atoms with van der Waals surface area (Å²) in [6.07, 6.45) is 3.48.